The van der Waals surface area contributed by atoms with Crippen molar-refractivity contribution >= 4 is 11.6 Å². The first-order valence-corrected chi connectivity index (χ1v) is 6.93. The van der Waals surface area contributed by atoms with Crippen LogP contribution in [0.25, 0.3) is 0 Å². The molecule has 0 fully saturated rings. The van der Waals surface area contributed by atoms with Crippen LogP contribution in [0.1, 0.15) is 28.7 Å². The lowest BCUT2D eigenvalue weighted by Crippen LogP contribution is -2.23. The Morgan fingerprint density at radius 2 is 2.21 bits per heavy atom. The maximum Gasteiger partial charge on any atom is 0.148 e. The SMILES string of the molecule is COCCn1c(CCl)nnc1C1Cc2ccccc21. The van der Waals surface area contributed by atoms with E-state index >= 15 is 0 Å². The molecule has 1 aliphatic carbocycles. The monoisotopic (exact) mass is 277 g/mol. The Balaban J connectivity index is 1.92. The molecule has 1 atom stereocenters. The Kier molecular flexibility index (Phi) is 3.53. The molecule has 100 valence electrons. The molecule has 19 heavy (non-hydrogen) atoms. The summed E-state index contributed by atoms with van der Waals surface area (Å²) in [4.78, 5) is 0. The van der Waals surface area contributed by atoms with Crippen LogP contribution in [0, 0.1) is 0 Å². The highest BCUT2D eigenvalue weighted by atomic mass is 35.5. The van der Waals surface area contributed by atoms with Crippen molar-refractivity contribution < 1.29 is 4.74 Å². The number of halogens is 1. The summed E-state index contributed by atoms with van der Waals surface area (Å²) in [5, 5.41) is 8.52. The van der Waals surface area contributed by atoms with Crippen molar-refractivity contribution in [1.29, 1.82) is 0 Å². The fourth-order valence-electron chi connectivity index (χ4n) is 2.62. The summed E-state index contributed by atoms with van der Waals surface area (Å²) >= 11 is 5.93. The Bertz CT molecular complexity index is 582. The normalized spacial score (nSPS) is 17.1. The van der Waals surface area contributed by atoms with E-state index in [-0.39, 0.29) is 0 Å². The molecule has 2 aromatic rings. The number of hydrogen-bond acceptors (Lipinski definition) is 3. The van der Waals surface area contributed by atoms with E-state index in [9.17, 15) is 0 Å². The summed E-state index contributed by atoms with van der Waals surface area (Å²) in [5.74, 6) is 2.55. The van der Waals surface area contributed by atoms with Crippen LogP contribution in [-0.4, -0.2) is 28.5 Å². The van der Waals surface area contributed by atoms with Crippen LogP contribution in [-0.2, 0) is 23.6 Å². The van der Waals surface area contributed by atoms with E-state index in [1.54, 1.807) is 7.11 Å². The predicted octanol–water partition coefficient (Wildman–Crippen LogP) is 2.35. The van der Waals surface area contributed by atoms with Gasteiger partial charge in [-0.2, -0.15) is 0 Å². The van der Waals surface area contributed by atoms with Crippen LogP contribution in [0.4, 0.5) is 0 Å². The molecule has 0 radical (unpaired) electrons. The van der Waals surface area contributed by atoms with E-state index in [0.29, 0.717) is 18.4 Å². The maximum atomic E-state index is 5.93. The van der Waals surface area contributed by atoms with Crippen LogP contribution in [0.3, 0.4) is 0 Å². The van der Waals surface area contributed by atoms with Gasteiger partial charge in [0.2, 0.25) is 0 Å². The van der Waals surface area contributed by atoms with Crippen LogP contribution < -0.4 is 0 Å². The predicted molar refractivity (Wildman–Crippen MR) is 73.4 cm³/mol. The third kappa shape index (κ3) is 2.15. The van der Waals surface area contributed by atoms with Gasteiger partial charge in [0, 0.05) is 19.6 Å². The third-order valence-corrected chi connectivity index (χ3v) is 3.90. The number of methoxy groups -OCH3 is 1. The minimum Gasteiger partial charge on any atom is -0.383 e. The molecule has 1 unspecified atom stereocenters. The van der Waals surface area contributed by atoms with Gasteiger partial charge in [-0.05, 0) is 17.5 Å². The van der Waals surface area contributed by atoms with Gasteiger partial charge in [0.15, 0.2) is 0 Å². The molecule has 3 rings (SSSR count). The fourth-order valence-corrected chi connectivity index (χ4v) is 2.82. The van der Waals surface area contributed by atoms with Crippen molar-refractivity contribution in [2.24, 2.45) is 0 Å². The van der Waals surface area contributed by atoms with Crippen molar-refractivity contribution in [3.63, 3.8) is 0 Å². The van der Waals surface area contributed by atoms with Crippen LogP contribution in [0.2, 0.25) is 0 Å². The van der Waals surface area contributed by atoms with Gasteiger partial charge >= 0.3 is 0 Å². The molecule has 0 bridgehead atoms. The number of fused-ring (bicyclic) bond motifs is 1. The van der Waals surface area contributed by atoms with Crippen LogP contribution in [0.5, 0.6) is 0 Å². The number of ether oxygens (including phenoxy) is 1. The zero-order valence-corrected chi connectivity index (χ0v) is 11.6. The topological polar surface area (TPSA) is 39.9 Å². The van der Waals surface area contributed by atoms with Crippen molar-refractivity contribution in [2.75, 3.05) is 13.7 Å². The number of rotatable bonds is 5. The second-order valence-corrected chi connectivity index (χ2v) is 4.98. The first kappa shape index (κ1) is 12.6. The fraction of sp³-hybridized carbons (Fsp3) is 0.429. The summed E-state index contributed by atoms with van der Waals surface area (Å²) in [6.07, 6.45) is 1.03. The molecule has 0 spiro atoms. The lowest BCUT2D eigenvalue weighted by Gasteiger charge is -2.29. The Labute approximate surface area is 117 Å². The number of benzene rings is 1. The first-order chi connectivity index (χ1) is 9.35. The smallest absolute Gasteiger partial charge is 0.148 e. The molecule has 1 aliphatic rings. The van der Waals surface area contributed by atoms with Crippen LogP contribution in [0.15, 0.2) is 24.3 Å². The molecule has 1 aromatic carbocycles. The Morgan fingerprint density at radius 3 is 2.95 bits per heavy atom. The first-order valence-electron chi connectivity index (χ1n) is 6.39. The standard InChI is InChI=1S/C14H16ClN3O/c1-19-7-6-18-13(9-15)16-17-14(18)12-8-10-4-2-3-5-11(10)12/h2-5,12H,6-9H2,1H3. The van der Waals surface area contributed by atoms with Gasteiger partial charge in [-0.1, -0.05) is 24.3 Å². The van der Waals surface area contributed by atoms with Crippen molar-refractivity contribution in [3.05, 3.63) is 47.0 Å². The lowest BCUT2D eigenvalue weighted by molar-refractivity contribution is 0.185. The average Bonchev–Trinajstić information content (AvgIpc) is 2.80. The highest BCUT2D eigenvalue weighted by Gasteiger charge is 2.31. The third-order valence-electron chi connectivity index (χ3n) is 3.66. The second kappa shape index (κ2) is 5.31. The molecule has 0 saturated carbocycles. The molecular formula is C14H16ClN3O. The van der Waals surface area contributed by atoms with Gasteiger partial charge in [-0.15, -0.1) is 21.8 Å². The summed E-state index contributed by atoms with van der Waals surface area (Å²) in [5.41, 5.74) is 2.76. The average molecular weight is 278 g/mol. The van der Waals surface area contributed by atoms with Gasteiger partial charge in [-0.3, -0.25) is 0 Å². The molecule has 4 nitrogen and oxygen atoms in total. The van der Waals surface area contributed by atoms with Gasteiger partial charge in [0.25, 0.3) is 0 Å². The quantitative estimate of drug-likeness (QED) is 0.788. The van der Waals surface area contributed by atoms with E-state index in [1.165, 1.54) is 11.1 Å². The number of nitrogens with zero attached hydrogens (tertiary/aromatic N) is 3. The van der Waals surface area contributed by atoms with Crippen molar-refractivity contribution in [1.82, 2.24) is 14.8 Å². The molecule has 1 aromatic heterocycles. The molecule has 0 amide bonds. The van der Waals surface area contributed by atoms with E-state index < -0.39 is 0 Å². The van der Waals surface area contributed by atoms with Gasteiger partial charge in [0.1, 0.15) is 11.6 Å². The van der Waals surface area contributed by atoms with E-state index in [4.69, 9.17) is 16.3 Å². The zero-order valence-electron chi connectivity index (χ0n) is 10.8. The zero-order chi connectivity index (χ0) is 13.2. The Hall–Kier alpha value is -1.39. The Morgan fingerprint density at radius 1 is 1.37 bits per heavy atom. The van der Waals surface area contributed by atoms with Gasteiger partial charge < -0.3 is 9.30 Å². The largest absolute Gasteiger partial charge is 0.383 e. The molecule has 0 saturated heterocycles. The van der Waals surface area contributed by atoms with E-state index in [0.717, 1.165) is 24.6 Å². The minimum atomic E-state index is 0.345. The highest BCUT2D eigenvalue weighted by Crippen LogP contribution is 2.39. The molecule has 1 heterocycles. The van der Waals surface area contributed by atoms with Crippen molar-refractivity contribution in [3.8, 4) is 0 Å². The second-order valence-electron chi connectivity index (χ2n) is 4.71. The highest BCUT2D eigenvalue weighted by molar-refractivity contribution is 6.16. The lowest BCUT2D eigenvalue weighted by atomic mass is 9.77. The van der Waals surface area contributed by atoms with Gasteiger partial charge in [-0.25, -0.2) is 0 Å². The molecule has 5 heteroatoms. The van der Waals surface area contributed by atoms with Crippen LogP contribution >= 0.6 is 11.6 Å². The minimum absolute atomic E-state index is 0.345. The molecule has 0 aliphatic heterocycles. The van der Waals surface area contributed by atoms with E-state index in [1.807, 2.05) is 0 Å². The number of aromatic nitrogens is 3. The van der Waals surface area contributed by atoms with Gasteiger partial charge in [0.05, 0.1) is 12.5 Å². The van der Waals surface area contributed by atoms with E-state index in [2.05, 4.69) is 39.0 Å². The molecular weight excluding hydrogens is 262 g/mol. The van der Waals surface area contributed by atoms with Crippen molar-refractivity contribution in [2.45, 2.75) is 24.8 Å². The maximum absolute atomic E-state index is 5.93. The summed E-state index contributed by atoms with van der Waals surface area (Å²) in [6, 6.07) is 8.49. The number of hydrogen-bond donors (Lipinski definition) is 0. The summed E-state index contributed by atoms with van der Waals surface area (Å²) in [6.45, 7) is 1.39. The number of alkyl halides is 1. The summed E-state index contributed by atoms with van der Waals surface area (Å²) < 4.78 is 7.25. The summed E-state index contributed by atoms with van der Waals surface area (Å²) in [7, 11) is 1.70. The molecule has 0 N–H and O–H groups in total.